The van der Waals surface area contributed by atoms with Crippen molar-refractivity contribution in [2.45, 2.75) is 26.4 Å². The minimum absolute atomic E-state index is 0.281. The number of nitrogens with zero attached hydrogens (tertiary/aromatic N) is 1. The second-order valence-corrected chi connectivity index (χ2v) is 6.72. The fraction of sp³-hybridized carbons (Fsp3) is 0.286. The maximum Gasteiger partial charge on any atom is 0.338 e. The van der Waals surface area contributed by atoms with E-state index in [0.717, 1.165) is 5.56 Å². The van der Waals surface area contributed by atoms with Gasteiger partial charge in [0, 0.05) is 12.7 Å². The Labute approximate surface area is 163 Å². The lowest BCUT2D eigenvalue weighted by Crippen LogP contribution is -2.59. The van der Waals surface area contributed by atoms with E-state index in [4.69, 9.17) is 9.47 Å². The third-order valence-corrected chi connectivity index (χ3v) is 4.59. The molecule has 0 saturated carbocycles. The monoisotopic (exact) mass is 382 g/mol. The van der Waals surface area contributed by atoms with Crippen LogP contribution in [0.2, 0.25) is 0 Å². The summed E-state index contributed by atoms with van der Waals surface area (Å²) in [6, 6.07) is 11.7. The Morgan fingerprint density at radius 1 is 1.18 bits per heavy atom. The first-order valence-electron chi connectivity index (χ1n) is 8.92. The number of ether oxygens (including phenoxy) is 2. The molecule has 7 heteroatoms. The van der Waals surface area contributed by atoms with E-state index in [2.05, 4.69) is 5.32 Å². The van der Waals surface area contributed by atoms with Gasteiger partial charge in [0.15, 0.2) is 0 Å². The minimum Gasteiger partial charge on any atom is -0.465 e. The van der Waals surface area contributed by atoms with Crippen molar-refractivity contribution in [3.05, 3.63) is 53.6 Å². The molecule has 0 spiro atoms. The van der Waals surface area contributed by atoms with Gasteiger partial charge in [0.05, 0.1) is 17.9 Å². The molecule has 3 rings (SSSR count). The normalized spacial score (nSPS) is 18.1. The molecule has 146 valence electrons. The van der Waals surface area contributed by atoms with Gasteiger partial charge < -0.3 is 19.7 Å². The highest BCUT2D eigenvalue weighted by molar-refractivity contribution is 6.19. The van der Waals surface area contributed by atoms with E-state index in [1.54, 1.807) is 44.3 Å². The van der Waals surface area contributed by atoms with Crippen LogP contribution >= 0.6 is 0 Å². The second-order valence-electron chi connectivity index (χ2n) is 6.72. The van der Waals surface area contributed by atoms with Crippen LogP contribution in [-0.2, 0) is 14.3 Å². The van der Waals surface area contributed by atoms with Gasteiger partial charge in [-0.15, -0.1) is 0 Å². The second kappa shape index (κ2) is 7.34. The van der Waals surface area contributed by atoms with Gasteiger partial charge in [-0.25, -0.2) is 4.79 Å². The van der Waals surface area contributed by atoms with Gasteiger partial charge in [-0.05, 0) is 62.7 Å². The number of esters is 1. The predicted molar refractivity (Wildman–Crippen MR) is 105 cm³/mol. The number of anilines is 2. The topological polar surface area (TPSA) is 84.9 Å². The number of carbonyl (C=O) groups excluding carboxylic acids is 3. The highest BCUT2D eigenvalue weighted by atomic mass is 16.5. The van der Waals surface area contributed by atoms with Crippen molar-refractivity contribution in [3.8, 4) is 5.75 Å². The number of aryl methyl sites for hydroxylation is 1. The lowest BCUT2D eigenvalue weighted by atomic mass is 9.99. The molecule has 7 nitrogen and oxygen atoms in total. The largest absolute Gasteiger partial charge is 0.465 e. The Balaban J connectivity index is 1.81. The summed E-state index contributed by atoms with van der Waals surface area (Å²) < 4.78 is 10.7. The van der Waals surface area contributed by atoms with Crippen LogP contribution in [0.1, 0.15) is 29.8 Å². The molecular formula is C21H22N2O5. The highest BCUT2D eigenvalue weighted by Crippen LogP contribution is 2.38. The summed E-state index contributed by atoms with van der Waals surface area (Å²) in [5, 5.41) is 2.68. The molecule has 28 heavy (non-hydrogen) atoms. The Morgan fingerprint density at radius 2 is 1.86 bits per heavy atom. The predicted octanol–water partition coefficient (Wildman–Crippen LogP) is 2.92. The molecule has 1 aliphatic rings. The number of nitrogens with one attached hydrogen (secondary N) is 1. The number of hydrogen-bond acceptors (Lipinski definition) is 5. The summed E-state index contributed by atoms with van der Waals surface area (Å²) in [4.78, 5) is 38.9. The molecule has 2 aromatic carbocycles. The number of carbonyl (C=O) groups is 3. The average Bonchev–Trinajstić information content (AvgIpc) is 2.67. The molecule has 1 heterocycles. The number of amides is 2. The van der Waals surface area contributed by atoms with E-state index in [1.807, 2.05) is 19.1 Å². The van der Waals surface area contributed by atoms with E-state index in [9.17, 15) is 14.4 Å². The van der Waals surface area contributed by atoms with Crippen LogP contribution in [0.5, 0.6) is 5.75 Å². The quantitative estimate of drug-likeness (QED) is 0.649. The first-order valence-corrected chi connectivity index (χ1v) is 8.92. The summed E-state index contributed by atoms with van der Waals surface area (Å²) in [7, 11) is 1.61. The third-order valence-electron chi connectivity index (χ3n) is 4.59. The Hall–Kier alpha value is -3.35. The van der Waals surface area contributed by atoms with Crippen molar-refractivity contribution in [1.29, 1.82) is 0 Å². The van der Waals surface area contributed by atoms with Gasteiger partial charge in [0.25, 0.3) is 17.4 Å². The molecule has 0 fully saturated rings. The van der Waals surface area contributed by atoms with Crippen LogP contribution in [0.4, 0.5) is 11.4 Å². The number of rotatable bonds is 4. The van der Waals surface area contributed by atoms with E-state index < -0.39 is 23.4 Å². The van der Waals surface area contributed by atoms with E-state index >= 15 is 0 Å². The summed E-state index contributed by atoms with van der Waals surface area (Å²) >= 11 is 0. The first-order chi connectivity index (χ1) is 13.3. The molecule has 0 radical (unpaired) electrons. The SMILES string of the molecule is CCOC(=O)c1ccc(NC(=O)C2(C)Oc3ccc(C)cc3N(C)C2=O)cc1. The lowest BCUT2D eigenvalue weighted by molar-refractivity contribution is -0.144. The third kappa shape index (κ3) is 3.43. The highest BCUT2D eigenvalue weighted by Gasteiger charge is 2.49. The van der Waals surface area contributed by atoms with Crippen LogP contribution in [0.3, 0.4) is 0 Å². The van der Waals surface area contributed by atoms with Gasteiger partial charge in [0.2, 0.25) is 0 Å². The number of benzene rings is 2. The zero-order chi connectivity index (χ0) is 20.5. The Kier molecular flexibility index (Phi) is 5.09. The summed E-state index contributed by atoms with van der Waals surface area (Å²) in [5.41, 5.74) is 0.704. The molecule has 0 bridgehead atoms. The van der Waals surface area contributed by atoms with E-state index in [1.165, 1.54) is 11.8 Å². The molecule has 0 saturated heterocycles. The Morgan fingerprint density at radius 3 is 2.50 bits per heavy atom. The van der Waals surface area contributed by atoms with Crippen molar-refractivity contribution < 1.29 is 23.9 Å². The molecule has 1 N–H and O–H groups in total. The molecular weight excluding hydrogens is 360 g/mol. The average molecular weight is 382 g/mol. The lowest BCUT2D eigenvalue weighted by Gasteiger charge is -2.38. The van der Waals surface area contributed by atoms with E-state index in [-0.39, 0.29) is 6.61 Å². The van der Waals surface area contributed by atoms with Gasteiger partial charge in [0.1, 0.15) is 5.75 Å². The molecule has 2 amide bonds. The molecule has 0 aromatic heterocycles. The van der Waals surface area contributed by atoms with Crippen molar-refractivity contribution in [2.24, 2.45) is 0 Å². The van der Waals surface area contributed by atoms with Gasteiger partial charge in [-0.2, -0.15) is 0 Å². The van der Waals surface area contributed by atoms with Gasteiger partial charge >= 0.3 is 5.97 Å². The number of fused-ring (bicyclic) bond motifs is 1. The van der Waals surface area contributed by atoms with Crippen molar-refractivity contribution in [2.75, 3.05) is 23.9 Å². The summed E-state index contributed by atoms with van der Waals surface area (Å²) in [6.07, 6.45) is 0. The van der Waals surface area contributed by atoms with Crippen molar-refractivity contribution in [3.63, 3.8) is 0 Å². The maximum absolute atomic E-state index is 12.9. The van der Waals surface area contributed by atoms with Crippen LogP contribution in [-0.4, -0.2) is 37.0 Å². The number of hydrogen-bond donors (Lipinski definition) is 1. The maximum atomic E-state index is 12.9. The minimum atomic E-state index is -1.71. The molecule has 1 aliphatic heterocycles. The zero-order valence-electron chi connectivity index (χ0n) is 16.2. The first kappa shape index (κ1) is 19.4. The molecule has 1 unspecified atom stereocenters. The van der Waals surface area contributed by atoms with Crippen LogP contribution in [0.25, 0.3) is 0 Å². The summed E-state index contributed by atoms with van der Waals surface area (Å²) in [5.74, 6) is -1.04. The Bertz CT molecular complexity index is 938. The van der Waals surface area contributed by atoms with Crippen molar-refractivity contribution >= 4 is 29.2 Å². The van der Waals surface area contributed by atoms with E-state index in [0.29, 0.717) is 22.7 Å². The van der Waals surface area contributed by atoms with Crippen molar-refractivity contribution in [1.82, 2.24) is 0 Å². The van der Waals surface area contributed by atoms with Gasteiger partial charge in [-0.1, -0.05) is 6.07 Å². The smallest absolute Gasteiger partial charge is 0.338 e. The zero-order valence-corrected chi connectivity index (χ0v) is 16.2. The molecule has 2 aromatic rings. The summed E-state index contributed by atoms with van der Waals surface area (Å²) in [6.45, 7) is 5.37. The van der Waals surface area contributed by atoms with Gasteiger partial charge in [-0.3, -0.25) is 9.59 Å². The fourth-order valence-electron chi connectivity index (χ4n) is 2.97. The standard InChI is InChI=1S/C21H22N2O5/c1-5-27-18(24)14-7-9-15(10-8-14)22-19(25)21(3)20(26)23(4)16-12-13(2)6-11-17(16)28-21/h6-12H,5H2,1-4H3,(H,22,25). The van der Waals surface area contributed by atoms with Crippen LogP contribution in [0, 0.1) is 6.92 Å². The number of likely N-dealkylation sites (N-methyl/N-ethyl adjacent to an activating group) is 1. The fourth-order valence-corrected chi connectivity index (χ4v) is 2.97. The molecule has 1 atom stereocenters. The van der Waals surface area contributed by atoms with Crippen LogP contribution < -0.4 is 15.0 Å². The molecule has 0 aliphatic carbocycles. The van der Waals surface area contributed by atoms with Crippen LogP contribution in [0.15, 0.2) is 42.5 Å².